The summed E-state index contributed by atoms with van der Waals surface area (Å²) in [4.78, 5) is 27.2. The molecule has 1 fully saturated rings. The van der Waals surface area contributed by atoms with Crippen LogP contribution >= 0.6 is 11.8 Å². The van der Waals surface area contributed by atoms with Crippen molar-refractivity contribution < 1.29 is 9.59 Å². The summed E-state index contributed by atoms with van der Waals surface area (Å²) in [6, 6.07) is 5.76. The highest BCUT2D eigenvalue weighted by Gasteiger charge is 2.27. The molecule has 0 radical (unpaired) electrons. The van der Waals surface area contributed by atoms with E-state index in [4.69, 9.17) is 0 Å². The molecule has 4 heteroatoms. The molecule has 3 nitrogen and oxygen atoms in total. The smallest absolute Gasteiger partial charge is 0.140 e. The van der Waals surface area contributed by atoms with Crippen molar-refractivity contribution in [2.45, 2.75) is 30.2 Å². The highest BCUT2D eigenvalue weighted by Crippen LogP contribution is 2.28. The van der Waals surface area contributed by atoms with Crippen LogP contribution < -0.4 is 0 Å². The van der Waals surface area contributed by atoms with Crippen molar-refractivity contribution in [3.05, 3.63) is 23.9 Å². The Morgan fingerprint density at radius 3 is 2.56 bits per heavy atom. The third-order valence-corrected chi connectivity index (χ3v) is 3.36. The topological polar surface area (TPSA) is 47.0 Å². The summed E-state index contributed by atoms with van der Waals surface area (Å²) >= 11 is 1.57. The van der Waals surface area contributed by atoms with Gasteiger partial charge >= 0.3 is 0 Å². The van der Waals surface area contributed by atoms with Crippen molar-refractivity contribution in [3.63, 3.8) is 0 Å². The van der Waals surface area contributed by atoms with Gasteiger partial charge in [0.2, 0.25) is 0 Å². The van der Waals surface area contributed by atoms with E-state index in [2.05, 4.69) is 4.98 Å². The zero-order chi connectivity index (χ0) is 11.5. The molecule has 16 heavy (non-hydrogen) atoms. The van der Waals surface area contributed by atoms with Crippen LogP contribution in [0.15, 0.2) is 23.2 Å². The molecule has 2 rings (SSSR count). The predicted octanol–water partition coefficient (Wildman–Crippen LogP) is 2.21. The summed E-state index contributed by atoms with van der Waals surface area (Å²) in [5.41, 5.74) is 0.869. The fourth-order valence-electron chi connectivity index (χ4n) is 1.97. The fraction of sp³-hybridized carbons (Fsp3) is 0.417. The summed E-state index contributed by atoms with van der Waals surface area (Å²) in [6.45, 7) is 0. The number of nitrogens with zero attached hydrogens (tertiary/aromatic N) is 1. The second-order valence-electron chi connectivity index (χ2n) is 3.96. The number of hydrogen-bond acceptors (Lipinski definition) is 4. The van der Waals surface area contributed by atoms with Gasteiger partial charge in [0.1, 0.15) is 11.6 Å². The molecule has 1 heterocycles. The van der Waals surface area contributed by atoms with Gasteiger partial charge in [-0.15, -0.1) is 11.8 Å². The third kappa shape index (κ3) is 2.50. The lowest BCUT2D eigenvalue weighted by Crippen LogP contribution is -2.21. The Morgan fingerprint density at radius 2 is 1.94 bits per heavy atom. The van der Waals surface area contributed by atoms with Crippen molar-refractivity contribution in [3.8, 4) is 0 Å². The molecule has 0 aliphatic heterocycles. The van der Waals surface area contributed by atoms with Crippen molar-refractivity contribution in [1.82, 2.24) is 4.98 Å². The Morgan fingerprint density at radius 1 is 1.25 bits per heavy atom. The van der Waals surface area contributed by atoms with Crippen molar-refractivity contribution >= 4 is 23.3 Å². The molecule has 0 bridgehead atoms. The molecular formula is C12H13NO2S. The number of hydrogen-bond donors (Lipinski definition) is 0. The average Bonchev–Trinajstić information content (AvgIpc) is 2.28. The second-order valence-corrected chi connectivity index (χ2v) is 4.79. The molecular weight excluding hydrogens is 222 g/mol. The highest BCUT2D eigenvalue weighted by molar-refractivity contribution is 7.98. The maximum absolute atomic E-state index is 11.4. The van der Waals surface area contributed by atoms with Crippen LogP contribution in [-0.2, 0) is 9.59 Å². The zero-order valence-electron chi connectivity index (χ0n) is 9.10. The quantitative estimate of drug-likeness (QED) is 0.582. The Balaban J connectivity index is 2.22. The summed E-state index contributed by atoms with van der Waals surface area (Å²) in [5, 5.41) is 0.933. The number of pyridine rings is 1. The number of rotatable bonds is 2. The minimum atomic E-state index is -0.0131. The molecule has 0 N–H and O–H groups in total. The number of Topliss-reactive ketones (excluding diaryl/α,β-unsaturated/α-hetero) is 2. The Bertz CT molecular complexity index is 415. The first-order valence-corrected chi connectivity index (χ1v) is 6.46. The molecule has 0 saturated heterocycles. The van der Waals surface area contributed by atoms with Crippen LogP contribution in [0.3, 0.4) is 0 Å². The molecule has 84 valence electrons. The Labute approximate surface area is 98.6 Å². The number of carbonyl (C=O) groups is 2. The second kappa shape index (κ2) is 4.78. The van der Waals surface area contributed by atoms with Gasteiger partial charge in [-0.05, 0) is 18.4 Å². The monoisotopic (exact) mass is 235 g/mol. The SMILES string of the molecule is CSc1cccc(C2CC(=O)CC(=O)C2)n1. The maximum Gasteiger partial charge on any atom is 0.140 e. The summed E-state index contributed by atoms with van der Waals surface area (Å²) in [6.07, 6.45) is 2.98. The molecule has 1 aliphatic carbocycles. The van der Waals surface area contributed by atoms with Crippen LogP contribution in [0.1, 0.15) is 30.9 Å². The Kier molecular flexibility index (Phi) is 3.39. The molecule has 1 aromatic rings. The van der Waals surface area contributed by atoms with Gasteiger partial charge in [-0.1, -0.05) is 6.07 Å². The van der Waals surface area contributed by atoms with Crippen LogP contribution in [-0.4, -0.2) is 22.8 Å². The van der Waals surface area contributed by atoms with Gasteiger partial charge in [-0.3, -0.25) is 9.59 Å². The first-order valence-electron chi connectivity index (χ1n) is 5.23. The molecule has 0 atom stereocenters. The number of ketones is 2. The lowest BCUT2D eigenvalue weighted by atomic mass is 9.85. The molecule has 1 saturated carbocycles. The number of aromatic nitrogens is 1. The van der Waals surface area contributed by atoms with Gasteiger partial charge in [0, 0.05) is 24.5 Å². The van der Waals surface area contributed by atoms with Crippen LogP contribution in [0, 0.1) is 0 Å². The van der Waals surface area contributed by atoms with Gasteiger partial charge < -0.3 is 0 Å². The van der Waals surface area contributed by atoms with E-state index >= 15 is 0 Å². The third-order valence-electron chi connectivity index (χ3n) is 2.71. The largest absolute Gasteiger partial charge is 0.299 e. The highest BCUT2D eigenvalue weighted by atomic mass is 32.2. The van der Waals surface area contributed by atoms with E-state index in [1.54, 1.807) is 11.8 Å². The summed E-state index contributed by atoms with van der Waals surface area (Å²) in [5.74, 6) is 0.0658. The van der Waals surface area contributed by atoms with Gasteiger partial charge in [0.25, 0.3) is 0 Å². The van der Waals surface area contributed by atoms with E-state index in [0.29, 0.717) is 12.8 Å². The minimum absolute atomic E-state index is 0.0131. The van der Waals surface area contributed by atoms with Crippen molar-refractivity contribution in [2.75, 3.05) is 6.26 Å². The molecule has 0 unspecified atom stereocenters. The van der Waals surface area contributed by atoms with E-state index < -0.39 is 0 Å². The van der Waals surface area contributed by atoms with E-state index in [1.165, 1.54) is 0 Å². The zero-order valence-corrected chi connectivity index (χ0v) is 9.92. The van der Waals surface area contributed by atoms with E-state index in [0.717, 1.165) is 10.7 Å². The molecule has 0 spiro atoms. The first-order chi connectivity index (χ1) is 7.69. The fourth-order valence-corrected chi connectivity index (χ4v) is 2.38. The lowest BCUT2D eigenvalue weighted by molar-refractivity contribution is -0.130. The van der Waals surface area contributed by atoms with Crippen LogP contribution in [0.5, 0.6) is 0 Å². The van der Waals surface area contributed by atoms with Gasteiger partial charge in [0.05, 0.1) is 11.4 Å². The number of thioether (sulfide) groups is 1. The summed E-state index contributed by atoms with van der Waals surface area (Å²) < 4.78 is 0. The van der Waals surface area contributed by atoms with Crippen LogP contribution in [0.4, 0.5) is 0 Å². The van der Waals surface area contributed by atoms with Gasteiger partial charge in [-0.2, -0.15) is 0 Å². The standard InChI is InChI=1S/C12H13NO2S/c1-16-12-4-2-3-11(13-12)8-5-9(14)7-10(15)6-8/h2-4,8H,5-7H2,1H3. The summed E-state index contributed by atoms with van der Waals surface area (Å²) in [7, 11) is 0. The van der Waals surface area contributed by atoms with Gasteiger partial charge in [-0.25, -0.2) is 4.98 Å². The van der Waals surface area contributed by atoms with Crippen molar-refractivity contribution in [2.24, 2.45) is 0 Å². The van der Waals surface area contributed by atoms with E-state index in [1.807, 2.05) is 24.5 Å². The lowest BCUT2D eigenvalue weighted by Gasteiger charge is -2.19. The predicted molar refractivity (Wildman–Crippen MR) is 62.6 cm³/mol. The molecule has 1 aliphatic rings. The molecule has 0 aromatic carbocycles. The minimum Gasteiger partial charge on any atom is -0.299 e. The van der Waals surface area contributed by atoms with Gasteiger partial charge in [0.15, 0.2) is 0 Å². The van der Waals surface area contributed by atoms with E-state index in [-0.39, 0.29) is 23.9 Å². The maximum atomic E-state index is 11.4. The van der Waals surface area contributed by atoms with Crippen LogP contribution in [0.2, 0.25) is 0 Å². The molecule has 1 aromatic heterocycles. The molecule has 0 amide bonds. The first kappa shape index (κ1) is 11.3. The average molecular weight is 235 g/mol. The van der Waals surface area contributed by atoms with E-state index in [9.17, 15) is 9.59 Å². The normalized spacial score (nSPS) is 17.8. The Hall–Kier alpha value is -1.16. The number of carbonyl (C=O) groups excluding carboxylic acids is 2. The van der Waals surface area contributed by atoms with Crippen LogP contribution in [0.25, 0.3) is 0 Å². The van der Waals surface area contributed by atoms with Crippen molar-refractivity contribution in [1.29, 1.82) is 0 Å².